The number of rotatable bonds is 5. The van der Waals surface area contributed by atoms with Crippen molar-refractivity contribution in [3.05, 3.63) is 51.1 Å². The minimum absolute atomic E-state index is 0.0426. The predicted molar refractivity (Wildman–Crippen MR) is 112 cm³/mol. The number of thiophene rings is 1. The zero-order chi connectivity index (χ0) is 18.8. The molecule has 1 aromatic carbocycles. The summed E-state index contributed by atoms with van der Waals surface area (Å²) < 4.78 is 1.75. The molecule has 138 valence electrons. The number of hydrogen-bond acceptors (Lipinski definition) is 5. The summed E-state index contributed by atoms with van der Waals surface area (Å²) in [4.78, 5) is 20.6. The van der Waals surface area contributed by atoms with Gasteiger partial charge in [-0.25, -0.2) is 4.98 Å². The Balaban J connectivity index is 1.87. The van der Waals surface area contributed by atoms with Crippen LogP contribution in [0, 0.1) is 17.2 Å². The number of aryl methyl sites for hydroxylation is 1. The molecule has 0 saturated carbocycles. The summed E-state index contributed by atoms with van der Waals surface area (Å²) in [5.74, 6) is 1.45. The predicted octanol–water partition coefficient (Wildman–Crippen LogP) is 4.97. The lowest BCUT2D eigenvalue weighted by atomic mass is 9.89. The third kappa shape index (κ3) is 3.54. The van der Waals surface area contributed by atoms with Crippen molar-refractivity contribution < 1.29 is 0 Å². The molecule has 0 amide bonds. The molecule has 0 aliphatic heterocycles. The SMILES string of the molecule is CC1CCc2c(sc3nc(SCCCC#N)n(-c4ccccc4)c(=O)c23)C1. The third-order valence-corrected chi connectivity index (χ3v) is 7.15. The van der Waals surface area contributed by atoms with Gasteiger partial charge >= 0.3 is 0 Å². The topological polar surface area (TPSA) is 58.7 Å². The van der Waals surface area contributed by atoms with E-state index in [0.29, 0.717) is 12.3 Å². The van der Waals surface area contributed by atoms with Gasteiger partial charge in [0.25, 0.3) is 5.56 Å². The summed E-state index contributed by atoms with van der Waals surface area (Å²) in [5.41, 5.74) is 2.11. The number of benzene rings is 1. The van der Waals surface area contributed by atoms with Crippen LogP contribution in [0.3, 0.4) is 0 Å². The molecule has 27 heavy (non-hydrogen) atoms. The van der Waals surface area contributed by atoms with Crippen molar-refractivity contribution >= 4 is 33.3 Å². The summed E-state index contributed by atoms with van der Waals surface area (Å²) in [6, 6.07) is 11.9. The zero-order valence-electron chi connectivity index (χ0n) is 15.3. The van der Waals surface area contributed by atoms with Gasteiger partial charge in [0.05, 0.1) is 17.1 Å². The second-order valence-electron chi connectivity index (χ2n) is 7.01. The quantitative estimate of drug-likeness (QED) is 0.348. The van der Waals surface area contributed by atoms with Crippen molar-refractivity contribution in [2.45, 2.75) is 44.2 Å². The lowest BCUT2D eigenvalue weighted by Crippen LogP contribution is -2.22. The van der Waals surface area contributed by atoms with E-state index >= 15 is 0 Å². The summed E-state index contributed by atoms with van der Waals surface area (Å²) in [5, 5.41) is 10.3. The highest BCUT2D eigenvalue weighted by Crippen LogP contribution is 2.37. The molecular weight excluding hydrogens is 374 g/mol. The Bertz CT molecular complexity index is 1060. The smallest absolute Gasteiger partial charge is 0.267 e. The molecule has 1 aliphatic rings. The third-order valence-electron chi connectivity index (χ3n) is 4.98. The average molecular weight is 396 g/mol. The largest absolute Gasteiger partial charge is 0.268 e. The van der Waals surface area contributed by atoms with Crippen LogP contribution in [0.4, 0.5) is 0 Å². The van der Waals surface area contributed by atoms with Crippen molar-refractivity contribution in [3.8, 4) is 11.8 Å². The van der Waals surface area contributed by atoms with E-state index in [4.69, 9.17) is 10.2 Å². The molecule has 3 aromatic rings. The van der Waals surface area contributed by atoms with Crippen molar-refractivity contribution in [3.63, 3.8) is 0 Å². The summed E-state index contributed by atoms with van der Waals surface area (Å²) in [7, 11) is 0. The summed E-state index contributed by atoms with van der Waals surface area (Å²) in [6.45, 7) is 2.28. The Morgan fingerprint density at radius 1 is 1.37 bits per heavy atom. The molecule has 0 spiro atoms. The Hall–Kier alpha value is -2.10. The monoisotopic (exact) mass is 395 g/mol. The highest BCUT2D eigenvalue weighted by atomic mass is 32.2. The van der Waals surface area contributed by atoms with Gasteiger partial charge in [-0.15, -0.1) is 11.3 Å². The fourth-order valence-corrected chi connectivity index (χ4v) is 5.96. The van der Waals surface area contributed by atoms with Crippen molar-refractivity contribution in [2.75, 3.05) is 5.75 Å². The van der Waals surface area contributed by atoms with E-state index < -0.39 is 0 Å². The number of aromatic nitrogens is 2. The Kier molecular flexibility index (Phi) is 5.33. The molecular formula is C21H21N3OS2. The second-order valence-corrected chi connectivity index (χ2v) is 9.16. The van der Waals surface area contributed by atoms with Crippen molar-refractivity contribution in [1.82, 2.24) is 9.55 Å². The number of nitrogens with zero attached hydrogens (tertiary/aromatic N) is 3. The van der Waals surface area contributed by atoms with E-state index in [1.807, 2.05) is 30.3 Å². The van der Waals surface area contributed by atoms with Crippen LogP contribution in [0.1, 0.15) is 36.6 Å². The average Bonchev–Trinajstić information content (AvgIpc) is 3.03. The van der Waals surface area contributed by atoms with Crippen LogP contribution >= 0.6 is 23.1 Å². The van der Waals surface area contributed by atoms with Gasteiger partial charge in [0.2, 0.25) is 0 Å². The molecule has 6 heteroatoms. The number of nitriles is 1. The maximum Gasteiger partial charge on any atom is 0.267 e. The first-order chi connectivity index (χ1) is 13.2. The van der Waals surface area contributed by atoms with Crippen molar-refractivity contribution in [1.29, 1.82) is 5.26 Å². The van der Waals surface area contributed by atoms with Gasteiger partial charge in [-0.1, -0.05) is 36.9 Å². The molecule has 2 heterocycles. The van der Waals surface area contributed by atoms with Gasteiger partial charge < -0.3 is 0 Å². The fourth-order valence-electron chi connectivity index (χ4n) is 3.59. The van der Waals surface area contributed by atoms with Gasteiger partial charge in [0, 0.05) is 17.1 Å². The first-order valence-electron chi connectivity index (χ1n) is 9.31. The lowest BCUT2D eigenvalue weighted by Gasteiger charge is -2.17. The molecule has 4 nitrogen and oxygen atoms in total. The maximum atomic E-state index is 13.5. The molecule has 0 fully saturated rings. The number of unbranched alkanes of at least 4 members (excludes halogenated alkanes) is 1. The summed E-state index contributed by atoms with van der Waals surface area (Å²) in [6.07, 6.45) is 4.47. The molecule has 0 radical (unpaired) electrons. The van der Waals surface area contributed by atoms with Gasteiger partial charge in [-0.05, 0) is 49.3 Å². The van der Waals surface area contributed by atoms with Crippen molar-refractivity contribution in [2.24, 2.45) is 5.92 Å². The molecule has 0 saturated heterocycles. The van der Waals surface area contributed by atoms with Crippen LogP contribution in [0.15, 0.2) is 40.3 Å². The molecule has 0 bridgehead atoms. The Labute approximate surface area is 166 Å². The number of hydrogen-bond donors (Lipinski definition) is 0. The molecule has 1 unspecified atom stereocenters. The molecule has 1 aliphatic carbocycles. The highest BCUT2D eigenvalue weighted by Gasteiger charge is 2.25. The van der Waals surface area contributed by atoms with Gasteiger partial charge in [0.1, 0.15) is 4.83 Å². The maximum absolute atomic E-state index is 13.5. The van der Waals surface area contributed by atoms with Crippen LogP contribution in [-0.2, 0) is 12.8 Å². The van der Waals surface area contributed by atoms with E-state index in [2.05, 4.69) is 13.0 Å². The van der Waals surface area contributed by atoms with Crippen LogP contribution in [-0.4, -0.2) is 15.3 Å². The minimum Gasteiger partial charge on any atom is -0.268 e. The normalized spacial score (nSPS) is 16.2. The lowest BCUT2D eigenvalue weighted by molar-refractivity contribution is 0.509. The molecule has 1 atom stereocenters. The standard InChI is InChI=1S/C21H21N3OS2/c1-14-9-10-16-17(13-14)27-19-18(16)20(25)24(15-7-3-2-4-8-15)21(23-19)26-12-6-5-11-22/h2-4,7-8,14H,5-6,9-10,12-13H2,1H3. The number of thioether (sulfide) groups is 1. The molecule has 2 aromatic heterocycles. The summed E-state index contributed by atoms with van der Waals surface area (Å²) >= 11 is 3.25. The number of para-hydroxylation sites is 1. The van der Waals surface area contributed by atoms with E-state index in [1.54, 1.807) is 27.7 Å². The van der Waals surface area contributed by atoms with Gasteiger partial charge in [-0.3, -0.25) is 9.36 Å². The van der Waals surface area contributed by atoms with Gasteiger partial charge in [-0.2, -0.15) is 5.26 Å². The van der Waals surface area contributed by atoms with Gasteiger partial charge in [0.15, 0.2) is 5.16 Å². The second kappa shape index (κ2) is 7.87. The van der Waals surface area contributed by atoms with E-state index in [-0.39, 0.29) is 5.56 Å². The number of fused-ring (bicyclic) bond motifs is 3. The van der Waals surface area contributed by atoms with Crippen LogP contribution in [0.25, 0.3) is 15.9 Å². The van der Waals surface area contributed by atoms with Crippen LogP contribution in [0.5, 0.6) is 0 Å². The minimum atomic E-state index is 0.0426. The van der Waals surface area contributed by atoms with Crippen LogP contribution < -0.4 is 5.56 Å². The van der Waals surface area contributed by atoms with E-state index in [0.717, 1.165) is 52.5 Å². The van der Waals surface area contributed by atoms with E-state index in [9.17, 15) is 4.79 Å². The Morgan fingerprint density at radius 2 is 2.19 bits per heavy atom. The van der Waals surface area contributed by atoms with E-state index in [1.165, 1.54) is 10.4 Å². The first kappa shape index (κ1) is 18.3. The molecule has 4 rings (SSSR count). The Morgan fingerprint density at radius 3 is 2.96 bits per heavy atom. The highest BCUT2D eigenvalue weighted by molar-refractivity contribution is 7.99. The molecule has 0 N–H and O–H groups in total. The first-order valence-corrected chi connectivity index (χ1v) is 11.1. The zero-order valence-corrected chi connectivity index (χ0v) is 16.9. The van der Waals surface area contributed by atoms with Crippen LogP contribution in [0.2, 0.25) is 0 Å². The fraction of sp³-hybridized carbons (Fsp3) is 0.381.